The smallest absolute Gasteiger partial charge is 0.282 e. The van der Waals surface area contributed by atoms with E-state index in [1.165, 1.54) is 11.1 Å². The summed E-state index contributed by atoms with van der Waals surface area (Å²) in [5.41, 5.74) is 3.88. The maximum absolute atomic E-state index is 12.6. The number of carbonyl (C=O) groups excluding carboxylic acids is 2. The van der Waals surface area contributed by atoms with E-state index in [-0.39, 0.29) is 12.4 Å². The summed E-state index contributed by atoms with van der Waals surface area (Å²) in [4.78, 5) is 24.8. The first-order chi connectivity index (χ1) is 11.6. The molecule has 0 radical (unpaired) electrons. The van der Waals surface area contributed by atoms with Crippen LogP contribution in [0.15, 0.2) is 52.5 Å². The van der Waals surface area contributed by atoms with Crippen molar-refractivity contribution < 1.29 is 19.1 Å². The Kier molecular flexibility index (Phi) is 3.50. The van der Waals surface area contributed by atoms with Crippen LogP contribution >= 0.6 is 15.9 Å². The molecule has 2 aromatic rings. The van der Waals surface area contributed by atoms with E-state index in [2.05, 4.69) is 21.4 Å². The van der Waals surface area contributed by atoms with Gasteiger partial charge in [0.2, 0.25) is 6.79 Å². The zero-order chi connectivity index (χ0) is 16.7. The fraction of sp³-hybridized carbons (Fsp3) is 0.0588. The normalized spacial score (nSPS) is 17.5. The van der Waals surface area contributed by atoms with Gasteiger partial charge in [0, 0.05) is 4.47 Å². The number of para-hydroxylation sites is 1. The van der Waals surface area contributed by atoms with Gasteiger partial charge in [0.05, 0.1) is 5.69 Å². The first-order valence-electron chi connectivity index (χ1n) is 7.15. The number of benzene rings is 2. The summed E-state index contributed by atoms with van der Waals surface area (Å²) >= 11 is 3.42. The highest BCUT2D eigenvalue weighted by molar-refractivity contribution is 9.10. The average molecular weight is 387 g/mol. The third-order valence-electron chi connectivity index (χ3n) is 3.70. The summed E-state index contributed by atoms with van der Waals surface area (Å²) in [6.07, 6.45) is 1.53. The first-order valence-corrected chi connectivity index (χ1v) is 7.94. The lowest BCUT2D eigenvalue weighted by Crippen LogP contribution is -2.35. The number of ether oxygens (including phenoxy) is 2. The van der Waals surface area contributed by atoms with Crippen LogP contribution in [0, 0.1) is 0 Å². The SMILES string of the molecule is O=C1NN(c2ccccc2)C(=O)/C1=C/c1cc2c(cc1Br)OCO2. The average Bonchev–Trinajstić information content (AvgIpc) is 3.14. The minimum atomic E-state index is -0.451. The van der Waals surface area contributed by atoms with Gasteiger partial charge in [-0.1, -0.05) is 34.1 Å². The number of halogens is 1. The van der Waals surface area contributed by atoms with Crippen LogP contribution in [0.5, 0.6) is 11.5 Å². The predicted octanol–water partition coefficient (Wildman–Crippen LogP) is 2.64. The monoisotopic (exact) mass is 386 g/mol. The van der Waals surface area contributed by atoms with Gasteiger partial charge in [-0.15, -0.1) is 0 Å². The number of hydrazine groups is 1. The molecule has 6 nitrogen and oxygen atoms in total. The Bertz CT molecular complexity index is 880. The van der Waals surface area contributed by atoms with E-state index in [9.17, 15) is 9.59 Å². The van der Waals surface area contributed by atoms with Crippen molar-refractivity contribution in [1.29, 1.82) is 0 Å². The molecule has 2 aromatic carbocycles. The van der Waals surface area contributed by atoms with Crippen molar-refractivity contribution in [3.63, 3.8) is 0 Å². The van der Waals surface area contributed by atoms with Gasteiger partial charge >= 0.3 is 0 Å². The summed E-state index contributed by atoms with van der Waals surface area (Å²) in [7, 11) is 0. The third-order valence-corrected chi connectivity index (χ3v) is 4.38. The molecule has 2 heterocycles. The minimum Gasteiger partial charge on any atom is -0.454 e. The number of fused-ring (bicyclic) bond motifs is 1. The van der Waals surface area contributed by atoms with Crippen molar-refractivity contribution in [3.05, 3.63) is 58.1 Å². The number of hydrogen-bond acceptors (Lipinski definition) is 4. The number of hydrogen-bond donors (Lipinski definition) is 1. The lowest BCUT2D eigenvalue weighted by Gasteiger charge is -2.13. The summed E-state index contributed by atoms with van der Waals surface area (Å²) in [6, 6.07) is 12.4. The van der Waals surface area contributed by atoms with Crippen LogP contribution < -0.4 is 19.9 Å². The molecule has 0 spiro atoms. The van der Waals surface area contributed by atoms with E-state index in [0.717, 1.165) is 0 Å². The first kappa shape index (κ1) is 14.8. The van der Waals surface area contributed by atoms with Crippen molar-refractivity contribution in [3.8, 4) is 11.5 Å². The van der Waals surface area contributed by atoms with Crippen molar-refractivity contribution >= 4 is 39.5 Å². The lowest BCUT2D eigenvalue weighted by atomic mass is 10.1. The zero-order valence-electron chi connectivity index (χ0n) is 12.3. The Hall–Kier alpha value is -2.80. The van der Waals surface area contributed by atoms with E-state index in [1.807, 2.05) is 6.07 Å². The highest BCUT2D eigenvalue weighted by atomic mass is 79.9. The van der Waals surface area contributed by atoms with Crippen LogP contribution in [0.3, 0.4) is 0 Å². The van der Waals surface area contributed by atoms with E-state index in [1.54, 1.807) is 36.4 Å². The molecular formula is C17H11BrN2O4. The fourth-order valence-corrected chi connectivity index (χ4v) is 2.95. The molecule has 1 N–H and O–H groups in total. The van der Waals surface area contributed by atoms with Crippen molar-refractivity contribution in [2.24, 2.45) is 0 Å². The maximum atomic E-state index is 12.6. The van der Waals surface area contributed by atoms with Crippen LogP contribution in [-0.2, 0) is 9.59 Å². The second-order valence-electron chi connectivity index (χ2n) is 5.20. The molecule has 1 fully saturated rings. The molecule has 0 saturated carbocycles. The van der Waals surface area contributed by atoms with Gasteiger partial charge in [-0.25, -0.2) is 5.01 Å². The summed E-state index contributed by atoms with van der Waals surface area (Å²) in [5, 5.41) is 1.23. The van der Waals surface area contributed by atoms with Crippen LogP contribution in [0.4, 0.5) is 5.69 Å². The standard InChI is InChI=1S/C17H11BrN2O4/c18-13-8-15-14(23-9-24-15)7-10(13)6-12-16(21)19-20(17(12)22)11-4-2-1-3-5-11/h1-8H,9H2,(H,19,21)/b12-6+. The van der Waals surface area contributed by atoms with E-state index in [4.69, 9.17) is 9.47 Å². The molecule has 0 unspecified atom stereocenters. The molecule has 2 aliphatic rings. The van der Waals surface area contributed by atoms with Crippen molar-refractivity contribution in [2.45, 2.75) is 0 Å². The van der Waals surface area contributed by atoms with Gasteiger partial charge in [0.1, 0.15) is 5.57 Å². The number of amides is 2. The Labute approximate surface area is 145 Å². The molecule has 0 bridgehead atoms. The molecule has 4 rings (SSSR count). The van der Waals surface area contributed by atoms with E-state index in [0.29, 0.717) is 27.2 Å². The molecule has 24 heavy (non-hydrogen) atoms. The second-order valence-corrected chi connectivity index (χ2v) is 6.06. The van der Waals surface area contributed by atoms with Crippen LogP contribution in [0.2, 0.25) is 0 Å². The highest BCUT2D eigenvalue weighted by Gasteiger charge is 2.34. The van der Waals surface area contributed by atoms with Gasteiger partial charge in [-0.05, 0) is 35.9 Å². The van der Waals surface area contributed by atoms with Gasteiger partial charge in [-0.2, -0.15) is 0 Å². The number of nitrogens with one attached hydrogen (secondary N) is 1. The number of rotatable bonds is 2. The number of nitrogens with zero attached hydrogens (tertiary/aromatic N) is 1. The van der Waals surface area contributed by atoms with Crippen molar-refractivity contribution in [1.82, 2.24) is 5.43 Å². The minimum absolute atomic E-state index is 0.0541. The zero-order valence-corrected chi connectivity index (χ0v) is 13.9. The fourth-order valence-electron chi connectivity index (χ4n) is 2.52. The molecule has 120 valence electrons. The quantitative estimate of drug-likeness (QED) is 0.636. The Morgan fingerprint density at radius 2 is 1.79 bits per heavy atom. The molecule has 7 heteroatoms. The van der Waals surface area contributed by atoms with Gasteiger partial charge in [0.25, 0.3) is 11.8 Å². The van der Waals surface area contributed by atoms with E-state index >= 15 is 0 Å². The summed E-state index contributed by atoms with van der Waals surface area (Å²) < 4.78 is 11.3. The number of anilines is 1. The van der Waals surface area contributed by atoms with Crippen LogP contribution in [0.1, 0.15) is 5.56 Å². The molecule has 2 aliphatic heterocycles. The highest BCUT2D eigenvalue weighted by Crippen LogP contribution is 2.38. The van der Waals surface area contributed by atoms with Crippen LogP contribution in [0.25, 0.3) is 6.08 Å². The maximum Gasteiger partial charge on any atom is 0.282 e. The predicted molar refractivity (Wildman–Crippen MR) is 90.3 cm³/mol. The lowest BCUT2D eigenvalue weighted by molar-refractivity contribution is -0.117. The Morgan fingerprint density at radius 3 is 2.54 bits per heavy atom. The summed E-state index contributed by atoms with van der Waals surface area (Å²) in [6.45, 7) is 0.156. The van der Waals surface area contributed by atoms with E-state index < -0.39 is 11.8 Å². The van der Waals surface area contributed by atoms with Crippen molar-refractivity contribution in [2.75, 3.05) is 11.8 Å². The number of carbonyl (C=O) groups is 2. The summed E-state index contributed by atoms with van der Waals surface area (Å²) in [5.74, 6) is 0.345. The molecule has 1 saturated heterocycles. The van der Waals surface area contributed by atoms with Gasteiger partial charge in [-0.3, -0.25) is 15.0 Å². The Morgan fingerprint density at radius 1 is 1.08 bits per heavy atom. The largest absolute Gasteiger partial charge is 0.454 e. The molecule has 2 amide bonds. The molecule has 0 aromatic heterocycles. The molecule has 0 aliphatic carbocycles. The molecular weight excluding hydrogens is 376 g/mol. The van der Waals surface area contributed by atoms with Gasteiger partial charge < -0.3 is 9.47 Å². The Balaban J connectivity index is 1.71. The topological polar surface area (TPSA) is 67.9 Å². The second kappa shape index (κ2) is 5.68. The third kappa shape index (κ3) is 2.43. The molecule has 0 atom stereocenters. The van der Waals surface area contributed by atoms with Gasteiger partial charge in [0.15, 0.2) is 11.5 Å². The van der Waals surface area contributed by atoms with Crippen LogP contribution in [-0.4, -0.2) is 18.6 Å².